The van der Waals surface area contributed by atoms with Crippen LogP contribution in [0.5, 0.6) is 5.75 Å². The van der Waals surface area contributed by atoms with E-state index in [1.54, 1.807) is 24.3 Å². The Kier molecular flexibility index (Phi) is 4.20. The molecule has 2 aromatic rings. The second-order valence-electron chi connectivity index (χ2n) is 4.12. The Morgan fingerprint density at radius 1 is 1.00 bits per heavy atom. The number of ether oxygens (including phenoxy) is 1. The molecule has 0 heterocycles. The molecule has 0 spiro atoms. The Labute approximate surface area is 118 Å². The van der Waals surface area contributed by atoms with E-state index in [1.165, 1.54) is 24.3 Å². The lowest BCUT2D eigenvalue weighted by Gasteiger charge is -2.15. The summed E-state index contributed by atoms with van der Waals surface area (Å²) in [6.45, 7) is 0. The van der Waals surface area contributed by atoms with Gasteiger partial charge >= 0.3 is 6.36 Å². The molecule has 0 aromatic heterocycles. The molecule has 1 atom stereocenters. The summed E-state index contributed by atoms with van der Waals surface area (Å²) >= 11 is 6.03. The van der Waals surface area contributed by atoms with Crippen molar-refractivity contribution < 1.29 is 17.9 Å². The standard InChI is InChI=1S/C14H11ClF3NO/c15-12-4-2-1-3-11(12)13(19)9-5-7-10(8-6-9)20-14(16,17)18/h1-8,13H,19H2/t13-/m1/s1. The molecule has 0 fully saturated rings. The summed E-state index contributed by atoms with van der Waals surface area (Å²) < 4.78 is 40.0. The van der Waals surface area contributed by atoms with Gasteiger partial charge in [0.15, 0.2) is 0 Å². The van der Waals surface area contributed by atoms with Crippen molar-refractivity contribution in [3.05, 3.63) is 64.7 Å². The van der Waals surface area contributed by atoms with Crippen LogP contribution in [0, 0.1) is 0 Å². The maximum atomic E-state index is 12.1. The van der Waals surface area contributed by atoms with Crippen molar-refractivity contribution in [1.82, 2.24) is 0 Å². The largest absolute Gasteiger partial charge is 0.573 e. The van der Waals surface area contributed by atoms with Crippen LogP contribution in [0.25, 0.3) is 0 Å². The molecule has 0 radical (unpaired) electrons. The first-order valence-electron chi connectivity index (χ1n) is 5.72. The van der Waals surface area contributed by atoms with Crippen LogP contribution < -0.4 is 10.5 Å². The van der Waals surface area contributed by atoms with Gasteiger partial charge < -0.3 is 10.5 Å². The van der Waals surface area contributed by atoms with Gasteiger partial charge in [-0.15, -0.1) is 13.2 Å². The zero-order chi connectivity index (χ0) is 14.8. The number of rotatable bonds is 3. The molecule has 0 amide bonds. The fourth-order valence-electron chi connectivity index (χ4n) is 1.78. The zero-order valence-corrected chi connectivity index (χ0v) is 10.9. The van der Waals surface area contributed by atoms with Gasteiger partial charge in [-0.05, 0) is 29.3 Å². The number of hydrogen-bond donors (Lipinski definition) is 1. The molecule has 0 aliphatic rings. The van der Waals surface area contributed by atoms with E-state index in [1.807, 2.05) is 0 Å². The molecule has 20 heavy (non-hydrogen) atoms. The van der Waals surface area contributed by atoms with Crippen molar-refractivity contribution in [2.24, 2.45) is 5.73 Å². The molecular formula is C14H11ClF3NO. The normalized spacial score (nSPS) is 13.1. The van der Waals surface area contributed by atoms with Crippen LogP contribution in [0.1, 0.15) is 17.2 Å². The van der Waals surface area contributed by atoms with Crippen molar-refractivity contribution in [2.45, 2.75) is 12.4 Å². The van der Waals surface area contributed by atoms with Gasteiger partial charge in [0.25, 0.3) is 0 Å². The molecular weight excluding hydrogens is 291 g/mol. The molecule has 0 aliphatic carbocycles. The topological polar surface area (TPSA) is 35.2 Å². The Bertz CT molecular complexity index is 584. The maximum Gasteiger partial charge on any atom is 0.573 e. The van der Waals surface area contributed by atoms with E-state index in [-0.39, 0.29) is 5.75 Å². The number of benzene rings is 2. The van der Waals surface area contributed by atoms with Crippen LogP contribution in [0.4, 0.5) is 13.2 Å². The van der Waals surface area contributed by atoms with Gasteiger partial charge in [-0.3, -0.25) is 0 Å². The van der Waals surface area contributed by atoms with Crippen molar-refractivity contribution >= 4 is 11.6 Å². The molecule has 0 bridgehead atoms. The summed E-state index contributed by atoms with van der Waals surface area (Å²) in [4.78, 5) is 0. The highest BCUT2D eigenvalue weighted by molar-refractivity contribution is 6.31. The van der Waals surface area contributed by atoms with Gasteiger partial charge in [-0.25, -0.2) is 0 Å². The molecule has 0 aliphatic heterocycles. The molecule has 106 valence electrons. The summed E-state index contributed by atoms with van der Waals surface area (Å²) in [6.07, 6.45) is -4.70. The molecule has 0 saturated heterocycles. The van der Waals surface area contributed by atoms with Gasteiger partial charge in [0.1, 0.15) is 5.75 Å². The first-order valence-corrected chi connectivity index (χ1v) is 6.10. The smallest absolute Gasteiger partial charge is 0.406 e. The Hall–Kier alpha value is -1.72. The van der Waals surface area contributed by atoms with Gasteiger partial charge in [-0.2, -0.15) is 0 Å². The van der Waals surface area contributed by atoms with E-state index in [2.05, 4.69) is 4.74 Å². The quantitative estimate of drug-likeness (QED) is 0.918. The van der Waals surface area contributed by atoms with E-state index >= 15 is 0 Å². The van der Waals surface area contributed by atoms with Crippen LogP contribution in [-0.2, 0) is 0 Å². The van der Waals surface area contributed by atoms with E-state index in [4.69, 9.17) is 17.3 Å². The van der Waals surface area contributed by atoms with Crippen LogP contribution in [0.2, 0.25) is 5.02 Å². The van der Waals surface area contributed by atoms with Crippen molar-refractivity contribution in [1.29, 1.82) is 0 Å². The molecule has 0 saturated carbocycles. The molecule has 2 nitrogen and oxygen atoms in total. The number of alkyl halides is 3. The maximum absolute atomic E-state index is 12.1. The Morgan fingerprint density at radius 3 is 2.15 bits per heavy atom. The van der Waals surface area contributed by atoms with Crippen molar-refractivity contribution in [2.75, 3.05) is 0 Å². The van der Waals surface area contributed by atoms with E-state index in [9.17, 15) is 13.2 Å². The molecule has 2 N–H and O–H groups in total. The molecule has 6 heteroatoms. The third-order valence-electron chi connectivity index (χ3n) is 2.71. The van der Waals surface area contributed by atoms with Gasteiger partial charge in [-0.1, -0.05) is 41.9 Å². The minimum Gasteiger partial charge on any atom is -0.406 e. The van der Waals surface area contributed by atoms with Gasteiger partial charge in [0.2, 0.25) is 0 Å². The van der Waals surface area contributed by atoms with Gasteiger partial charge in [0.05, 0.1) is 6.04 Å². The highest BCUT2D eigenvalue weighted by Gasteiger charge is 2.31. The minimum absolute atomic E-state index is 0.285. The second kappa shape index (κ2) is 5.73. The van der Waals surface area contributed by atoms with Crippen LogP contribution >= 0.6 is 11.6 Å². The van der Waals surface area contributed by atoms with Gasteiger partial charge in [0, 0.05) is 5.02 Å². The summed E-state index contributed by atoms with van der Waals surface area (Å²) in [6, 6.07) is 11.9. The number of hydrogen-bond acceptors (Lipinski definition) is 2. The highest BCUT2D eigenvalue weighted by atomic mass is 35.5. The average molecular weight is 302 g/mol. The zero-order valence-electron chi connectivity index (χ0n) is 10.2. The summed E-state index contributed by atoms with van der Waals surface area (Å²) in [5.74, 6) is -0.285. The van der Waals surface area contributed by atoms with E-state index in [0.717, 1.165) is 0 Å². The van der Waals surface area contributed by atoms with Crippen LogP contribution in [0.3, 0.4) is 0 Å². The molecule has 0 unspecified atom stereocenters. The summed E-state index contributed by atoms with van der Waals surface area (Å²) in [7, 11) is 0. The average Bonchev–Trinajstić information content (AvgIpc) is 2.37. The van der Waals surface area contributed by atoms with E-state index in [0.29, 0.717) is 16.1 Å². The minimum atomic E-state index is -4.70. The first-order chi connectivity index (χ1) is 9.37. The third-order valence-corrected chi connectivity index (χ3v) is 3.06. The summed E-state index contributed by atoms with van der Waals surface area (Å²) in [5, 5.41) is 0.510. The Balaban J connectivity index is 2.20. The monoisotopic (exact) mass is 301 g/mol. The van der Waals surface area contributed by atoms with Crippen LogP contribution in [0.15, 0.2) is 48.5 Å². The lowest BCUT2D eigenvalue weighted by molar-refractivity contribution is -0.274. The Morgan fingerprint density at radius 2 is 1.60 bits per heavy atom. The van der Waals surface area contributed by atoms with Crippen molar-refractivity contribution in [3.8, 4) is 5.75 Å². The number of nitrogens with two attached hydrogens (primary N) is 1. The number of halogens is 4. The molecule has 2 rings (SSSR count). The fraction of sp³-hybridized carbons (Fsp3) is 0.143. The second-order valence-corrected chi connectivity index (χ2v) is 4.52. The predicted molar refractivity (Wildman–Crippen MR) is 70.6 cm³/mol. The lowest BCUT2D eigenvalue weighted by atomic mass is 9.99. The predicted octanol–water partition coefficient (Wildman–Crippen LogP) is 4.29. The van der Waals surface area contributed by atoms with E-state index < -0.39 is 12.4 Å². The summed E-state index contributed by atoms with van der Waals surface area (Å²) in [5.41, 5.74) is 7.40. The highest BCUT2D eigenvalue weighted by Crippen LogP contribution is 2.28. The van der Waals surface area contributed by atoms with Crippen molar-refractivity contribution in [3.63, 3.8) is 0 Å². The van der Waals surface area contributed by atoms with Crippen LogP contribution in [-0.4, -0.2) is 6.36 Å². The fourth-order valence-corrected chi connectivity index (χ4v) is 2.04. The molecule has 2 aromatic carbocycles. The third kappa shape index (κ3) is 3.65. The lowest BCUT2D eigenvalue weighted by Crippen LogP contribution is -2.17. The SMILES string of the molecule is N[C@H](c1ccc(OC(F)(F)F)cc1)c1ccccc1Cl. The first kappa shape index (κ1) is 14.7.